The molecule has 13 rings (SSSR count). The average molecular weight is 847 g/mol. The van der Waals surface area contributed by atoms with Crippen LogP contribution in [0, 0.1) is 0 Å². The molecule has 0 radical (unpaired) electrons. The Hall–Kier alpha value is -7.48. The van der Waals surface area contributed by atoms with E-state index < -0.39 is 0 Å². The number of hydrogen-bond acceptors (Lipinski definition) is 1. The van der Waals surface area contributed by atoms with Gasteiger partial charge >= 0.3 is 0 Å². The number of rotatable bonds is 6. The van der Waals surface area contributed by atoms with Gasteiger partial charge in [0.25, 0.3) is 0 Å². The van der Waals surface area contributed by atoms with Gasteiger partial charge in [-0.3, -0.25) is 0 Å². The first kappa shape index (κ1) is 38.9. The molecule has 1 nitrogen and oxygen atoms in total. The van der Waals surface area contributed by atoms with E-state index in [9.17, 15) is 0 Å². The molecule has 0 spiro atoms. The molecule has 1 heteroatoms. The first-order chi connectivity index (χ1) is 32.0. The minimum atomic E-state index is 0.0526. The molecule has 0 unspecified atom stereocenters. The monoisotopic (exact) mass is 846 g/mol. The molecule has 0 fully saturated rings. The summed E-state index contributed by atoms with van der Waals surface area (Å²) in [6.07, 6.45) is 1.09. The first-order valence-corrected chi connectivity index (χ1v) is 23.6. The fourth-order valence-corrected chi connectivity index (χ4v) is 11.2. The minimum absolute atomic E-state index is 0.0526. The van der Waals surface area contributed by atoms with Crippen LogP contribution < -0.4 is 0 Å². The highest BCUT2D eigenvalue weighted by Crippen LogP contribution is 2.48. The maximum atomic E-state index is 6.96. The van der Waals surface area contributed by atoms with Crippen molar-refractivity contribution in [3.63, 3.8) is 0 Å². The number of benzene rings is 12. The highest BCUT2D eigenvalue weighted by molar-refractivity contribution is 6.30. The normalized spacial score (nSPS) is 12.8. The van der Waals surface area contributed by atoms with Crippen molar-refractivity contribution in [3.05, 3.63) is 193 Å². The summed E-state index contributed by atoms with van der Waals surface area (Å²) >= 11 is 0. The highest BCUT2D eigenvalue weighted by atomic mass is 16.3. The summed E-state index contributed by atoms with van der Waals surface area (Å²) in [5, 5.41) is 17.9. The van der Waals surface area contributed by atoms with E-state index in [1.54, 1.807) is 0 Å². The molecule has 0 saturated carbocycles. The minimum Gasteiger partial charge on any atom is -0.456 e. The SMILES string of the molecule is CCC(C)(C)c1cc2ccc3c(-c4ccccc4)cc(-c4ccc5c(c4)oc4cc(-c6cc(-c7ccccc7)c7ccc8cc(C(C)(C)C)cc9ccc6c7c89)ccc45)c4ccc(c1)c2c34. The summed E-state index contributed by atoms with van der Waals surface area (Å²) in [5.74, 6) is 0. The van der Waals surface area contributed by atoms with Crippen molar-refractivity contribution in [1.29, 1.82) is 0 Å². The van der Waals surface area contributed by atoms with Crippen molar-refractivity contribution < 1.29 is 4.42 Å². The molecule has 0 N–H and O–H groups in total. The van der Waals surface area contributed by atoms with Crippen LogP contribution in [0.5, 0.6) is 0 Å². The molecular formula is C65H50O. The lowest BCUT2D eigenvalue weighted by Crippen LogP contribution is -2.15. The third-order valence-electron chi connectivity index (χ3n) is 15.2. The van der Waals surface area contributed by atoms with E-state index in [-0.39, 0.29) is 10.8 Å². The molecule has 0 amide bonds. The molecule has 1 aromatic heterocycles. The van der Waals surface area contributed by atoms with Crippen molar-refractivity contribution in [3.8, 4) is 44.5 Å². The summed E-state index contributed by atoms with van der Waals surface area (Å²) in [7, 11) is 0. The molecule has 13 aromatic rings. The van der Waals surface area contributed by atoms with Gasteiger partial charge in [0, 0.05) is 10.8 Å². The van der Waals surface area contributed by atoms with Gasteiger partial charge in [-0.05, 0) is 174 Å². The molecule has 0 bridgehead atoms. The van der Waals surface area contributed by atoms with Crippen LogP contribution in [0.1, 0.15) is 59.1 Å². The van der Waals surface area contributed by atoms with Gasteiger partial charge in [0.1, 0.15) is 11.2 Å². The predicted molar refractivity (Wildman–Crippen MR) is 285 cm³/mol. The topological polar surface area (TPSA) is 13.1 Å². The average Bonchev–Trinajstić information content (AvgIpc) is 3.71. The van der Waals surface area contributed by atoms with E-state index in [1.165, 1.54) is 109 Å². The molecule has 12 aromatic carbocycles. The molecule has 0 aliphatic heterocycles. The predicted octanol–water partition coefficient (Wildman–Crippen LogP) is 19.0. The molecule has 1 heterocycles. The quantitative estimate of drug-likeness (QED) is 0.152. The molecule has 0 aliphatic rings. The van der Waals surface area contributed by atoms with Crippen LogP contribution >= 0.6 is 0 Å². The van der Waals surface area contributed by atoms with E-state index in [2.05, 4.69) is 224 Å². The summed E-state index contributed by atoms with van der Waals surface area (Å²) in [6.45, 7) is 13.9. The van der Waals surface area contributed by atoms with Gasteiger partial charge in [-0.25, -0.2) is 0 Å². The van der Waals surface area contributed by atoms with Gasteiger partial charge < -0.3 is 4.42 Å². The number of furan rings is 1. The van der Waals surface area contributed by atoms with Crippen molar-refractivity contribution >= 4 is 86.6 Å². The second kappa shape index (κ2) is 14.0. The Morgan fingerprint density at radius 3 is 1.08 bits per heavy atom. The Morgan fingerprint density at radius 1 is 0.333 bits per heavy atom. The second-order valence-electron chi connectivity index (χ2n) is 20.5. The van der Waals surface area contributed by atoms with Crippen LogP contribution in [0.15, 0.2) is 186 Å². The van der Waals surface area contributed by atoms with Crippen molar-refractivity contribution in [2.75, 3.05) is 0 Å². The van der Waals surface area contributed by atoms with Crippen LogP contribution in [0.3, 0.4) is 0 Å². The molecule has 0 saturated heterocycles. The van der Waals surface area contributed by atoms with Gasteiger partial charge in [-0.15, -0.1) is 0 Å². The van der Waals surface area contributed by atoms with Gasteiger partial charge in [-0.2, -0.15) is 0 Å². The van der Waals surface area contributed by atoms with E-state index in [1.807, 2.05) is 0 Å². The van der Waals surface area contributed by atoms with Crippen LogP contribution in [-0.2, 0) is 10.8 Å². The molecule has 66 heavy (non-hydrogen) atoms. The van der Waals surface area contributed by atoms with Crippen molar-refractivity contribution in [1.82, 2.24) is 0 Å². The smallest absolute Gasteiger partial charge is 0.136 e. The van der Waals surface area contributed by atoms with E-state index in [4.69, 9.17) is 4.42 Å². The van der Waals surface area contributed by atoms with Gasteiger partial charge in [-0.1, -0.05) is 187 Å². The largest absolute Gasteiger partial charge is 0.456 e. The summed E-state index contributed by atoms with van der Waals surface area (Å²) in [5.41, 5.74) is 14.4. The van der Waals surface area contributed by atoms with E-state index in [0.29, 0.717) is 0 Å². The summed E-state index contributed by atoms with van der Waals surface area (Å²) in [6, 6.07) is 68.6. The fourth-order valence-electron chi connectivity index (χ4n) is 11.2. The van der Waals surface area contributed by atoms with Crippen LogP contribution in [0.4, 0.5) is 0 Å². The summed E-state index contributed by atoms with van der Waals surface area (Å²) in [4.78, 5) is 0. The maximum absolute atomic E-state index is 6.96. The Bertz CT molecular complexity index is 4030. The van der Waals surface area contributed by atoms with E-state index in [0.717, 1.165) is 39.5 Å². The van der Waals surface area contributed by atoms with Gasteiger partial charge in [0.15, 0.2) is 0 Å². The van der Waals surface area contributed by atoms with Gasteiger partial charge in [0.2, 0.25) is 0 Å². The standard InChI is InChI=1S/C65H50O/c1-7-65(5,6)47-32-44-22-27-51-55(39-16-12-9-13-17-39)37-57(53-29-23-45(33-47)61(44)63(51)53)41-19-25-49-48-24-18-40(34-58(48)66-59(49)35-41)56-36-54(38-14-10-8-11-15-38)50-26-20-42-30-46(64(2,3)4)31-43-21-28-52(56)62(50)60(42)43/h8-37H,7H2,1-6H3. The fraction of sp³-hybridized carbons (Fsp3) is 0.138. The van der Waals surface area contributed by atoms with Crippen LogP contribution in [0.25, 0.3) is 131 Å². The summed E-state index contributed by atoms with van der Waals surface area (Å²) < 4.78 is 6.96. The zero-order valence-electron chi connectivity index (χ0n) is 38.4. The third-order valence-corrected chi connectivity index (χ3v) is 15.2. The third kappa shape index (κ3) is 5.79. The molecule has 0 atom stereocenters. The Morgan fingerprint density at radius 2 is 0.697 bits per heavy atom. The van der Waals surface area contributed by atoms with Gasteiger partial charge in [0.05, 0.1) is 0 Å². The molecular weight excluding hydrogens is 797 g/mol. The molecule has 316 valence electrons. The van der Waals surface area contributed by atoms with Crippen molar-refractivity contribution in [2.45, 2.75) is 58.8 Å². The zero-order valence-corrected chi connectivity index (χ0v) is 38.4. The Labute approximate surface area is 385 Å². The number of hydrogen-bond donors (Lipinski definition) is 0. The number of fused-ring (bicyclic) bond motifs is 3. The molecule has 0 aliphatic carbocycles. The first-order valence-electron chi connectivity index (χ1n) is 23.6. The highest BCUT2D eigenvalue weighted by Gasteiger charge is 2.24. The Kier molecular flexibility index (Phi) is 8.26. The van der Waals surface area contributed by atoms with E-state index >= 15 is 0 Å². The van der Waals surface area contributed by atoms with Crippen LogP contribution in [-0.4, -0.2) is 0 Å². The second-order valence-corrected chi connectivity index (χ2v) is 20.5. The zero-order chi connectivity index (χ0) is 44.6. The van der Waals surface area contributed by atoms with Crippen molar-refractivity contribution in [2.24, 2.45) is 0 Å². The lowest BCUT2D eigenvalue weighted by Gasteiger charge is -2.25. The Balaban J connectivity index is 1.00. The lowest BCUT2D eigenvalue weighted by molar-refractivity contribution is 0.507. The maximum Gasteiger partial charge on any atom is 0.136 e. The lowest BCUT2D eigenvalue weighted by atomic mass is 9.79. The van der Waals surface area contributed by atoms with Crippen LogP contribution in [0.2, 0.25) is 0 Å².